The van der Waals surface area contributed by atoms with Gasteiger partial charge in [0.2, 0.25) is 11.8 Å². The van der Waals surface area contributed by atoms with E-state index in [2.05, 4.69) is 30.6 Å². The number of aromatic nitrogens is 6. The van der Waals surface area contributed by atoms with E-state index in [1.54, 1.807) is 23.1 Å². The lowest BCUT2D eigenvalue weighted by Crippen LogP contribution is -2.13. The van der Waals surface area contributed by atoms with Gasteiger partial charge in [-0.15, -0.1) is 5.10 Å². The quantitative estimate of drug-likeness (QED) is 0.631. The Hall–Kier alpha value is -3.23. The molecular weight excluding hydrogens is 272 g/mol. The van der Waals surface area contributed by atoms with E-state index >= 15 is 0 Å². The number of nitrogens with two attached hydrogens (primary N) is 1. The van der Waals surface area contributed by atoms with E-state index in [0.717, 1.165) is 5.56 Å². The van der Waals surface area contributed by atoms with Crippen LogP contribution in [0.1, 0.15) is 16.2 Å². The lowest BCUT2D eigenvalue weighted by molar-refractivity contribution is 0.101. The molecule has 0 aliphatic carbocycles. The number of hydrogen-bond donors (Lipinski definition) is 3. The Bertz CT molecular complexity index is 731. The lowest BCUT2D eigenvalue weighted by Gasteiger charge is -2.05. The molecular formula is C12H12N8O. The number of nitrogen functional groups attached to an aromatic ring is 1. The van der Waals surface area contributed by atoms with Gasteiger partial charge in [-0.25, -0.2) is 9.67 Å². The van der Waals surface area contributed by atoms with Crippen LogP contribution < -0.4 is 11.1 Å². The van der Waals surface area contributed by atoms with Crippen molar-refractivity contribution in [2.75, 3.05) is 11.1 Å². The zero-order valence-corrected chi connectivity index (χ0v) is 10.9. The molecule has 4 N–H and O–H groups in total. The van der Waals surface area contributed by atoms with Crippen LogP contribution in [0, 0.1) is 0 Å². The summed E-state index contributed by atoms with van der Waals surface area (Å²) >= 11 is 0. The number of aromatic amines is 1. The summed E-state index contributed by atoms with van der Waals surface area (Å²) in [5.74, 6) is -0.300. The summed E-state index contributed by atoms with van der Waals surface area (Å²) in [6.07, 6.45) is 3.13. The number of anilines is 2. The normalized spacial score (nSPS) is 10.5. The number of amides is 1. The number of rotatable bonds is 4. The first-order chi connectivity index (χ1) is 10.2. The Morgan fingerprint density at radius 2 is 2.14 bits per heavy atom. The fraction of sp³-hybridized carbons (Fsp3) is 0.0833. The van der Waals surface area contributed by atoms with Crippen molar-refractivity contribution in [2.45, 2.75) is 6.54 Å². The highest BCUT2D eigenvalue weighted by atomic mass is 16.2. The largest absolute Gasteiger partial charge is 0.366 e. The number of nitrogens with zero attached hydrogens (tertiary/aromatic N) is 5. The van der Waals surface area contributed by atoms with Crippen molar-refractivity contribution < 1.29 is 4.79 Å². The highest BCUT2D eigenvalue weighted by Gasteiger charge is 2.10. The lowest BCUT2D eigenvalue weighted by atomic mass is 10.2. The van der Waals surface area contributed by atoms with Crippen LogP contribution in [0.5, 0.6) is 0 Å². The van der Waals surface area contributed by atoms with Gasteiger partial charge in [-0.05, 0) is 17.7 Å². The van der Waals surface area contributed by atoms with Crippen LogP contribution in [-0.4, -0.2) is 35.9 Å². The van der Waals surface area contributed by atoms with E-state index in [9.17, 15) is 4.79 Å². The Labute approximate surface area is 119 Å². The molecule has 0 atom stereocenters. The van der Waals surface area contributed by atoms with E-state index in [1.807, 2.05) is 12.1 Å². The maximum Gasteiger partial charge on any atom is 0.293 e. The van der Waals surface area contributed by atoms with Crippen LogP contribution in [0.15, 0.2) is 36.9 Å². The van der Waals surface area contributed by atoms with Crippen molar-refractivity contribution in [1.29, 1.82) is 0 Å². The second-order valence-corrected chi connectivity index (χ2v) is 4.29. The molecule has 0 spiro atoms. The third-order valence-electron chi connectivity index (χ3n) is 2.74. The number of hydrogen-bond acceptors (Lipinski definition) is 6. The van der Waals surface area contributed by atoms with E-state index in [-0.39, 0.29) is 11.8 Å². The van der Waals surface area contributed by atoms with Crippen LogP contribution in [0.3, 0.4) is 0 Å². The second-order valence-electron chi connectivity index (χ2n) is 4.29. The topological polar surface area (TPSA) is 127 Å². The summed E-state index contributed by atoms with van der Waals surface area (Å²) in [6, 6.07) is 7.38. The fourth-order valence-electron chi connectivity index (χ4n) is 1.76. The summed E-state index contributed by atoms with van der Waals surface area (Å²) in [4.78, 5) is 19.5. The molecule has 0 aliphatic heterocycles. The van der Waals surface area contributed by atoms with Crippen molar-refractivity contribution in [1.82, 2.24) is 29.9 Å². The van der Waals surface area contributed by atoms with Gasteiger partial charge in [-0.1, -0.05) is 12.1 Å². The summed E-state index contributed by atoms with van der Waals surface area (Å²) in [5, 5.41) is 12.8. The molecule has 0 unspecified atom stereocenters. The van der Waals surface area contributed by atoms with Gasteiger partial charge < -0.3 is 11.1 Å². The first-order valence-electron chi connectivity index (χ1n) is 6.11. The molecule has 106 valence electrons. The second kappa shape index (κ2) is 5.41. The molecule has 3 aromatic rings. The standard InChI is InChI=1S/C12H12N8O/c13-12-17-10(18-19-12)11(21)16-9-3-1-8(2-4-9)5-20-7-14-6-15-20/h1-4,6-7H,5H2,(H,16,21)(H3,13,17,18,19). The van der Waals surface area contributed by atoms with E-state index in [1.165, 1.54) is 6.33 Å². The van der Waals surface area contributed by atoms with Crippen LogP contribution >= 0.6 is 0 Å². The van der Waals surface area contributed by atoms with E-state index < -0.39 is 5.91 Å². The van der Waals surface area contributed by atoms with Crippen molar-refractivity contribution in [3.05, 3.63) is 48.3 Å². The zero-order chi connectivity index (χ0) is 14.7. The average molecular weight is 284 g/mol. The third kappa shape index (κ3) is 3.03. The highest BCUT2D eigenvalue weighted by Crippen LogP contribution is 2.11. The molecule has 0 saturated carbocycles. The highest BCUT2D eigenvalue weighted by molar-refractivity contribution is 6.01. The van der Waals surface area contributed by atoms with Crippen LogP contribution in [-0.2, 0) is 6.54 Å². The number of H-pyrrole nitrogens is 1. The molecule has 2 aromatic heterocycles. The molecule has 0 radical (unpaired) electrons. The molecule has 3 rings (SSSR count). The van der Waals surface area contributed by atoms with Crippen molar-refractivity contribution in [3.8, 4) is 0 Å². The van der Waals surface area contributed by atoms with Crippen LogP contribution in [0.4, 0.5) is 11.6 Å². The van der Waals surface area contributed by atoms with Gasteiger partial charge in [-0.2, -0.15) is 10.1 Å². The molecule has 0 aliphatic rings. The number of carbonyl (C=O) groups excluding carboxylic acids is 1. The Balaban J connectivity index is 1.65. The van der Waals surface area contributed by atoms with Gasteiger partial charge in [-0.3, -0.25) is 9.89 Å². The summed E-state index contributed by atoms with van der Waals surface area (Å²) < 4.78 is 1.71. The summed E-state index contributed by atoms with van der Waals surface area (Å²) in [6.45, 7) is 0.618. The molecule has 9 heteroatoms. The Kier molecular flexibility index (Phi) is 3.29. The van der Waals surface area contributed by atoms with Gasteiger partial charge in [0, 0.05) is 5.69 Å². The predicted octanol–water partition coefficient (Wildman–Crippen LogP) is 0.279. The molecule has 1 amide bonds. The van der Waals surface area contributed by atoms with Crippen LogP contribution in [0.2, 0.25) is 0 Å². The number of benzene rings is 1. The Morgan fingerprint density at radius 3 is 2.76 bits per heavy atom. The van der Waals surface area contributed by atoms with Crippen LogP contribution in [0.25, 0.3) is 0 Å². The molecule has 9 nitrogen and oxygen atoms in total. The van der Waals surface area contributed by atoms with E-state index in [4.69, 9.17) is 5.73 Å². The SMILES string of the molecule is Nc1n[nH]c(C(=O)Nc2ccc(Cn3cncn3)cc2)n1. The Morgan fingerprint density at radius 1 is 1.33 bits per heavy atom. The predicted molar refractivity (Wildman–Crippen MR) is 74.3 cm³/mol. The summed E-state index contributed by atoms with van der Waals surface area (Å²) in [7, 11) is 0. The van der Waals surface area contributed by atoms with E-state index in [0.29, 0.717) is 12.2 Å². The van der Waals surface area contributed by atoms with Gasteiger partial charge in [0.1, 0.15) is 12.7 Å². The van der Waals surface area contributed by atoms with Gasteiger partial charge in [0.25, 0.3) is 5.91 Å². The third-order valence-corrected chi connectivity index (χ3v) is 2.74. The minimum atomic E-state index is -0.400. The van der Waals surface area contributed by atoms with Crippen molar-refractivity contribution in [3.63, 3.8) is 0 Å². The monoisotopic (exact) mass is 284 g/mol. The smallest absolute Gasteiger partial charge is 0.293 e. The molecule has 0 bridgehead atoms. The fourth-order valence-corrected chi connectivity index (χ4v) is 1.76. The molecule has 21 heavy (non-hydrogen) atoms. The minimum absolute atomic E-state index is 0.0309. The van der Waals surface area contributed by atoms with Gasteiger partial charge in [0.15, 0.2) is 0 Å². The molecule has 2 heterocycles. The molecule has 0 fully saturated rings. The molecule has 1 aromatic carbocycles. The number of carbonyl (C=O) groups is 1. The minimum Gasteiger partial charge on any atom is -0.366 e. The number of nitrogens with one attached hydrogen (secondary N) is 2. The maximum atomic E-state index is 11.8. The van der Waals surface area contributed by atoms with Crippen molar-refractivity contribution >= 4 is 17.5 Å². The maximum absolute atomic E-state index is 11.8. The van der Waals surface area contributed by atoms with Gasteiger partial charge in [0.05, 0.1) is 6.54 Å². The zero-order valence-electron chi connectivity index (χ0n) is 10.9. The first kappa shape index (κ1) is 12.8. The molecule has 0 saturated heterocycles. The first-order valence-corrected chi connectivity index (χ1v) is 6.11. The van der Waals surface area contributed by atoms with Crippen molar-refractivity contribution in [2.24, 2.45) is 0 Å². The van der Waals surface area contributed by atoms with Gasteiger partial charge >= 0.3 is 0 Å². The summed E-state index contributed by atoms with van der Waals surface area (Å²) in [5.41, 5.74) is 7.04. The average Bonchev–Trinajstić information content (AvgIpc) is 3.12.